The Kier molecular flexibility index (Phi) is 2.34. The third-order valence-electron chi connectivity index (χ3n) is 3.96. The topological polar surface area (TPSA) is 102 Å². The van der Waals surface area contributed by atoms with Crippen LogP contribution in [-0.2, 0) is 26.0 Å². The molecule has 0 aliphatic carbocycles. The zero-order chi connectivity index (χ0) is 13.8. The number of fused-ring (bicyclic) bond motifs is 1. The molecule has 3 rings (SSSR count). The summed E-state index contributed by atoms with van der Waals surface area (Å²) in [6.45, 7) is 1.48. The number of aromatic nitrogens is 3. The molecular formula is C10H12N4O4S. The third kappa shape index (κ3) is 1.36. The van der Waals surface area contributed by atoms with Gasteiger partial charge >= 0.3 is 0 Å². The molecule has 0 radical (unpaired) electrons. The Hall–Kier alpha value is -1.77. The normalized spacial score (nSPS) is 35.8. The van der Waals surface area contributed by atoms with Crippen molar-refractivity contribution in [3.63, 3.8) is 0 Å². The maximum absolute atomic E-state index is 12.5. The fourth-order valence-electron chi connectivity index (χ4n) is 2.80. The second-order valence-electron chi connectivity index (χ2n) is 5.00. The van der Waals surface area contributed by atoms with Crippen LogP contribution in [0.4, 0.5) is 0 Å². The summed E-state index contributed by atoms with van der Waals surface area (Å²) in [6, 6.07) is -0.965. The van der Waals surface area contributed by atoms with Crippen molar-refractivity contribution in [3.05, 3.63) is 12.4 Å². The molecule has 0 aromatic carbocycles. The van der Waals surface area contributed by atoms with E-state index < -0.39 is 26.0 Å². The van der Waals surface area contributed by atoms with Crippen molar-refractivity contribution in [2.24, 2.45) is 0 Å². The smallest absolute Gasteiger partial charge is 0.227 e. The van der Waals surface area contributed by atoms with Crippen LogP contribution in [0.15, 0.2) is 12.4 Å². The van der Waals surface area contributed by atoms with E-state index in [-0.39, 0.29) is 18.9 Å². The molecule has 2 fully saturated rings. The van der Waals surface area contributed by atoms with Crippen molar-refractivity contribution >= 4 is 22.0 Å². The average molecular weight is 284 g/mol. The van der Waals surface area contributed by atoms with E-state index in [4.69, 9.17) is 0 Å². The molecule has 2 unspecified atom stereocenters. The molecule has 1 aromatic heterocycles. The lowest BCUT2D eigenvalue weighted by Gasteiger charge is -2.35. The Morgan fingerprint density at radius 1 is 1.58 bits per heavy atom. The van der Waals surface area contributed by atoms with Crippen LogP contribution < -0.4 is 0 Å². The fraction of sp³-hybridized carbons (Fsp3) is 0.600. The van der Waals surface area contributed by atoms with Gasteiger partial charge < -0.3 is 9.69 Å². The molecule has 1 amide bonds. The maximum atomic E-state index is 12.5. The summed E-state index contributed by atoms with van der Waals surface area (Å²) < 4.78 is 25.0. The number of β-lactam (4-membered cyclic amide) rings is 1. The molecule has 0 N–H and O–H groups in total. The highest BCUT2D eigenvalue weighted by Crippen LogP contribution is 2.45. The second-order valence-corrected chi connectivity index (χ2v) is 7.57. The number of amides is 1. The lowest BCUT2D eigenvalue weighted by atomic mass is 9.97. The van der Waals surface area contributed by atoms with E-state index in [1.807, 2.05) is 0 Å². The summed E-state index contributed by atoms with van der Waals surface area (Å²) in [5.74, 6) is -0.298. The quantitative estimate of drug-likeness (QED) is 0.499. The number of carbonyl (C=O) groups excluding carboxylic acids is 2. The number of sulfone groups is 1. The largest absolute Gasteiger partial charge is 0.313 e. The van der Waals surface area contributed by atoms with Crippen LogP contribution in [0.3, 0.4) is 0 Å². The maximum Gasteiger partial charge on any atom is 0.227 e. The van der Waals surface area contributed by atoms with E-state index in [1.165, 1.54) is 28.9 Å². The van der Waals surface area contributed by atoms with E-state index in [1.54, 1.807) is 0 Å². The van der Waals surface area contributed by atoms with Crippen molar-refractivity contribution in [1.29, 1.82) is 0 Å². The van der Waals surface area contributed by atoms with Gasteiger partial charge in [-0.25, -0.2) is 8.42 Å². The summed E-state index contributed by atoms with van der Waals surface area (Å²) in [7, 11) is -3.61. The van der Waals surface area contributed by atoms with E-state index >= 15 is 0 Å². The molecule has 9 heteroatoms. The summed E-state index contributed by atoms with van der Waals surface area (Å²) in [5.41, 5.74) is 0. The number of carbonyl (C=O) groups is 2. The van der Waals surface area contributed by atoms with Gasteiger partial charge in [-0.2, -0.15) is 0 Å². The monoisotopic (exact) mass is 284 g/mol. The zero-order valence-corrected chi connectivity index (χ0v) is 10.9. The standard InChI is InChI=1S/C10H12N4O4S/c1-10(6-13-3-2-11-12-13)7(5-15)14-8(16)4-9(14)19(10,17)18/h2-3,5,7,9H,4,6H2,1H3/t7?,9-,10?/m1/s1. The van der Waals surface area contributed by atoms with Gasteiger partial charge in [0.15, 0.2) is 9.84 Å². The number of aldehydes is 1. The first kappa shape index (κ1) is 12.3. The van der Waals surface area contributed by atoms with E-state index in [0.29, 0.717) is 6.29 Å². The predicted octanol–water partition coefficient (Wildman–Crippen LogP) is -1.41. The number of hydrogen-bond donors (Lipinski definition) is 0. The Morgan fingerprint density at radius 3 is 2.84 bits per heavy atom. The number of nitrogens with zero attached hydrogens (tertiary/aromatic N) is 4. The summed E-state index contributed by atoms with van der Waals surface area (Å²) in [4.78, 5) is 24.0. The highest BCUT2D eigenvalue weighted by molar-refractivity contribution is 7.93. The molecular weight excluding hydrogens is 272 g/mol. The van der Waals surface area contributed by atoms with Gasteiger partial charge in [0, 0.05) is 6.20 Å². The minimum absolute atomic E-state index is 0.000972. The van der Waals surface area contributed by atoms with E-state index in [2.05, 4.69) is 10.3 Å². The van der Waals surface area contributed by atoms with Crippen molar-refractivity contribution in [2.45, 2.75) is 36.1 Å². The van der Waals surface area contributed by atoms with E-state index in [9.17, 15) is 18.0 Å². The summed E-state index contributed by atoms with van der Waals surface area (Å²) in [6.07, 6.45) is 3.45. The van der Waals surface area contributed by atoms with Gasteiger partial charge in [-0.1, -0.05) is 5.21 Å². The third-order valence-corrected chi connectivity index (χ3v) is 6.74. The SMILES string of the molecule is CC1(Cn2ccnn2)C(C=O)N2C(=O)C[C@H]2S1(=O)=O. The fourth-order valence-corrected chi connectivity index (χ4v) is 5.15. The molecule has 19 heavy (non-hydrogen) atoms. The van der Waals surface area contributed by atoms with E-state index in [0.717, 1.165) is 0 Å². The minimum atomic E-state index is -3.61. The Morgan fingerprint density at radius 2 is 2.32 bits per heavy atom. The Balaban J connectivity index is 2.07. The Labute approximate surface area is 109 Å². The molecule has 3 heterocycles. The molecule has 8 nitrogen and oxygen atoms in total. The highest BCUT2D eigenvalue weighted by Gasteiger charge is 2.67. The summed E-state index contributed by atoms with van der Waals surface area (Å²) >= 11 is 0. The first-order chi connectivity index (χ1) is 8.91. The molecule has 2 aliphatic rings. The van der Waals surface area contributed by atoms with Crippen LogP contribution in [0.2, 0.25) is 0 Å². The molecule has 3 atom stereocenters. The van der Waals surface area contributed by atoms with Crippen LogP contribution in [0.1, 0.15) is 13.3 Å². The second kappa shape index (κ2) is 3.62. The lowest BCUT2D eigenvalue weighted by molar-refractivity contribution is -0.146. The molecule has 102 valence electrons. The Bertz CT molecular complexity index is 640. The van der Waals surface area contributed by atoms with Gasteiger partial charge in [-0.3, -0.25) is 9.48 Å². The van der Waals surface area contributed by atoms with Gasteiger partial charge in [0.25, 0.3) is 0 Å². The van der Waals surface area contributed by atoms with Crippen molar-refractivity contribution in [2.75, 3.05) is 0 Å². The predicted molar refractivity (Wildman–Crippen MR) is 62.4 cm³/mol. The van der Waals surface area contributed by atoms with Gasteiger partial charge in [0.1, 0.15) is 22.4 Å². The number of hydrogen-bond acceptors (Lipinski definition) is 6. The number of rotatable bonds is 3. The first-order valence-electron chi connectivity index (χ1n) is 5.76. The van der Waals surface area contributed by atoms with Gasteiger partial charge in [0.2, 0.25) is 5.91 Å². The lowest BCUT2D eigenvalue weighted by Crippen LogP contribution is -2.55. The van der Waals surface area contributed by atoms with Crippen LogP contribution >= 0.6 is 0 Å². The zero-order valence-electron chi connectivity index (χ0n) is 10.1. The van der Waals surface area contributed by atoms with Crippen LogP contribution in [0.25, 0.3) is 0 Å². The molecule has 2 aliphatic heterocycles. The molecule has 0 bridgehead atoms. The van der Waals surface area contributed by atoms with Gasteiger partial charge in [0.05, 0.1) is 19.2 Å². The molecule has 0 spiro atoms. The van der Waals surface area contributed by atoms with Crippen LogP contribution in [0.5, 0.6) is 0 Å². The average Bonchev–Trinajstić information content (AvgIpc) is 2.87. The molecule has 2 saturated heterocycles. The highest BCUT2D eigenvalue weighted by atomic mass is 32.2. The molecule has 0 saturated carbocycles. The van der Waals surface area contributed by atoms with Crippen molar-refractivity contribution in [1.82, 2.24) is 19.9 Å². The van der Waals surface area contributed by atoms with Crippen molar-refractivity contribution < 1.29 is 18.0 Å². The van der Waals surface area contributed by atoms with Crippen LogP contribution in [0, 0.1) is 0 Å². The van der Waals surface area contributed by atoms with Gasteiger partial charge in [-0.05, 0) is 6.92 Å². The van der Waals surface area contributed by atoms with Crippen LogP contribution in [-0.4, -0.2) is 56.7 Å². The minimum Gasteiger partial charge on any atom is -0.313 e. The first-order valence-corrected chi connectivity index (χ1v) is 7.30. The molecule has 1 aromatic rings. The van der Waals surface area contributed by atoms with Crippen molar-refractivity contribution in [3.8, 4) is 0 Å². The van der Waals surface area contributed by atoms with Gasteiger partial charge in [-0.15, -0.1) is 5.10 Å². The summed E-state index contributed by atoms with van der Waals surface area (Å²) in [5, 5.41) is 6.47.